The van der Waals surface area contributed by atoms with Crippen LogP contribution in [0, 0.1) is 35.5 Å². The predicted octanol–water partition coefficient (Wildman–Crippen LogP) is 5.73. The maximum Gasteiger partial charge on any atom is 0.0778 e. The van der Waals surface area contributed by atoms with Gasteiger partial charge >= 0.3 is 0 Å². The van der Waals surface area contributed by atoms with Crippen LogP contribution >= 0.6 is 0 Å². The van der Waals surface area contributed by atoms with Gasteiger partial charge in [-0.05, 0) is 30.3 Å². The summed E-state index contributed by atoms with van der Waals surface area (Å²) in [5.74, 6) is 8.51. The summed E-state index contributed by atoms with van der Waals surface area (Å²) in [4.78, 5) is 0. The van der Waals surface area contributed by atoms with E-state index in [0.717, 1.165) is 11.5 Å². The molecule has 0 amide bonds. The third-order valence-electron chi connectivity index (χ3n) is 4.52. The number of hydrogen-bond donors (Lipinski definition) is 1. The van der Waals surface area contributed by atoms with Crippen molar-refractivity contribution >= 4 is 0 Å². The topological polar surface area (TPSA) is 20.2 Å². The molecule has 0 aliphatic carbocycles. The van der Waals surface area contributed by atoms with Crippen LogP contribution in [0.2, 0.25) is 0 Å². The van der Waals surface area contributed by atoms with Crippen LogP contribution in [0.1, 0.15) is 61.3 Å². The van der Waals surface area contributed by atoms with E-state index in [0.29, 0.717) is 11.8 Å². The zero-order valence-electron chi connectivity index (χ0n) is 17.2. The Morgan fingerprint density at radius 2 is 1.64 bits per heavy atom. The summed E-state index contributed by atoms with van der Waals surface area (Å²) in [6, 6.07) is 0. The molecular weight excluding hydrogens is 458 g/mol. The molecule has 4 unspecified atom stereocenters. The molecule has 0 aromatic heterocycles. The summed E-state index contributed by atoms with van der Waals surface area (Å²) in [6.45, 7) is 14.9. The van der Waals surface area contributed by atoms with E-state index >= 15 is 0 Å². The van der Waals surface area contributed by atoms with Gasteiger partial charge in [-0.2, -0.15) is 5.92 Å². The Morgan fingerprint density at radius 1 is 1.04 bits per heavy atom. The van der Waals surface area contributed by atoms with Gasteiger partial charge in [0, 0.05) is 65.4 Å². The fourth-order valence-electron chi connectivity index (χ4n) is 2.60. The van der Waals surface area contributed by atoms with Crippen molar-refractivity contribution < 1.29 is 70.5 Å². The molecule has 0 bridgehead atoms. The monoisotopic (exact) mass is 493 g/mol. The number of aliphatic hydroxyl groups is 1. The average molecular weight is 493 g/mol. The van der Waals surface area contributed by atoms with Crippen molar-refractivity contribution in [3.63, 3.8) is 0 Å². The summed E-state index contributed by atoms with van der Waals surface area (Å²) < 4.78 is 0. The van der Waals surface area contributed by atoms with E-state index in [1.165, 1.54) is 12.8 Å². The van der Waals surface area contributed by atoms with Crippen LogP contribution in [0.5, 0.6) is 0 Å². The van der Waals surface area contributed by atoms with Crippen LogP contribution in [0.4, 0.5) is 0 Å². The van der Waals surface area contributed by atoms with Gasteiger partial charge in [0.1, 0.15) is 0 Å². The average Bonchev–Trinajstić information content (AvgIpc) is 2.51. The summed E-state index contributed by atoms with van der Waals surface area (Å²) in [5.41, 5.74) is 1.02. The van der Waals surface area contributed by atoms with Crippen molar-refractivity contribution in [2.24, 2.45) is 17.8 Å². The van der Waals surface area contributed by atoms with Gasteiger partial charge in [-0.15, -0.1) is 19.9 Å². The molecule has 0 aliphatic heterocycles. The zero-order chi connectivity index (χ0) is 17.8. The first-order chi connectivity index (χ1) is 10.8. The fraction of sp³-hybridized carbons (Fsp3) is 0.591. The molecule has 0 rings (SSSR count). The first-order valence-corrected chi connectivity index (χ1v) is 8.80. The standard InChI is InChI=1S/C22H35O.2Y/c1-8-14-18(4)20(6)21(7)22(23)19(5)16-13-11-9-10-12-15-17(2)3;;/h9-11,13,16,18,20-23H,8,14H2,1-7H3;;/q-1;;/b10-9-,13-11+,19-16+;;. The molecule has 25 heavy (non-hydrogen) atoms. The molecule has 0 saturated carbocycles. The molecule has 0 saturated heterocycles. The molecule has 0 spiro atoms. The van der Waals surface area contributed by atoms with Gasteiger partial charge in [0.25, 0.3) is 0 Å². The summed E-state index contributed by atoms with van der Waals surface area (Å²) in [6.07, 6.45) is 11.7. The molecule has 136 valence electrons. The van der Waals surface area contributed by atoms with Crippen molar-refractivity contribution in [1.82, 2.24) is 0 Å². The van der Waals surface area contributed by atoms with E-state index in [1.54, 1.807) is 0 Å². The maximum atomic E-state index is 10.5. The predicted molar refractivity (Wildman–Crippen MR) is 103 cm³/mol. The van der Waals surface area contributed by atoms with Gasteiger partial charge in [-0.3, -0.25) is 5.92 Å². The molecule has 0 heterocycles. The number of allylic oxidation sites excluding steroid dienone is 5. The van der Waals surface area contributed by atoms with Gasteiger partial charge in [0.15, 0.2) is 0 Å². The fourth-order valence-corrected chi connectivity index (χ4v) is 2.60. The zero-order valence-corrected chi connectivity index (χ0v) is 22.9. The Bertz CT molecular complexity index is 466. The molecule has 4 atom stereocenters. The molecule has 0 aromatic carbocycles. The molecule has 0 fully saturated rings. The number of rotatable bonds is 8. The van der Waals surface area contributed by atoms with E-state index < -0.39 is 0 Å². The number of hydrogen-bond acceptors (Lipinski definition) is 1. The van der Waals surface area contributed by atoms with Crippen LogP contribution in [-0.4, -0.2) is 11.2 Å². The maximum absolute atomic E-state index is 10.5. The Morgan fingerprint density at radius 3 is 2.16 bits per heavy atom. The third kappa shape index (κ3) is 14.5. The van der Waals surface area contributed by atoms with Gasteiger partial charge < -0.3 is 11.0 Å². The van der Waals surface area contributed by atoms with Crippen LogP contribution in [-0.2, 0) is 65.4 Å². The van der Waals surface area contributed by atoms with Crippen molar-refractivity contribution in [2.75, 3.05) is 0 Å². The molecule has 0 aromatic rings. The molecule has 0 aliphatic rings. The molecule has 1 N–H and O–H groups in total. The molecular formula is C22H35OY2-. The third-order valence-corrected chi connectivity index (χ3v) is 4.52. The normalized spacial score (nSPS) is 16.2. The minimum Gasteiger partial charge on any atom is -0.388 e. The van der Waals surface area contributed by atoms with E-state index in [9.17, 15) is 5.11 Å². The molecule has 3 heteroatoms. The van der Waals surface area contributed by atoms with Gasteiger partial charge in [-0.1, -0.05) is 64.8 Å². The first-order valence-electron chi connectivity index (χ1n) is 8.80. The SMILES string of the molecule is CCCC(C)C(C)C(C)C(O)/C(C)=C/C=C/C=C\C#C[C-](C)C.[Y].[Y]. The van der Waals surface area contributed by atoms with E-state index in [4.69, 9.17) is 0 Å². The minimum absolute atomic E-state index is 0. The Kier molecular flexibility index (Phi) is 22.2. The second-order valence-corrected chi connectivity index (χ2v) is 6.85. The van der Waals surface area contributed by atoms with Crippen LogP contribution < -0.4 is 0 Å². The van der Waals surface area contributed by atoms with E-state index in [2.05, 4.69) is 39.5 Å². The minimum atomic E-state index is -0.380. The Hall–Kier alpha value is 0.818. The molecule has 2 radical (unpaired) electrons. The van der Waals surface area contributed by atoms with Crippen molar-refractivity contribution in [3.8, 4) is 11.8 Å². The summed E-state index contributed by atoms with van der Waals surface area (Å²) >= 11 is 0. The smallest absolute Gasteiger partial charge is 0.0778 e. The summed E-state index contributed by atoms with van der Waals surface area (Å²) in [5, 5.41) is 10.5. The second kappa shape index (κ2) is 18.2. The quantitative estimate of drug-likeness (QED) is 0.260. The van der Waals surface area contributed by atoms with Crippen molar-refractivity contribution in [1.29, 1.82) is 0 Å². The largest absolute Gasteiger partial charge is 0.388 e. The van der Waals surface area contributed by atoms with Crippen LogP contribution in [0.15, 0.2) is 36.0 Å². The Balaban J connectivity index is -0.00000242. The van der Waals surface area contributed by atoms with Gasteiger partial charge in [-0.25, -0.2) is 0 Å². The van der Waals surface area contributed by atoms with E-state index in [1.807, 2.05) is 51.2 Å². The van der Waals surface area contributed by atoms with Crippen molar-refractivity contribution in [3.05, 3.63) is 41.9 Å². The van der Waals surface area contributed by atoms with Crippen molar-refractivity contribution in [2.45, 2.75) is 67.4 Å². The summed E-state index contributed by atoms with van der Waals surface area (Å²) in [7, 11) is 0. The van der Waals surface area contributed by atoms with Crippen LogP contribution in [0.25, 0.3) is 0 Å². The van der Waals surface area contributed by atoms with Gasteiger partial charge in [0.2, 0.25) is 0 Å². The molecule has 1 nitrogen and oxygen atoms in total. The number of aliphatic hydroxyl groups excluding tert-OH is 1. The van der Waals surface area contributed by atoms with E-state index in [-0.39, 0.29) is 77.4 Å². The second-order valence-electron chi connectivity index (χ2n) is 6.85. The first kappa shape index (κ1) is 30.5. The Labute approximate surface area is 207 Å². The van der Waals surface area contributed by atoms with Crippen LogP contribution in [0.3, 0.4) is 0 Å². The van der Waals surface area contributed by atoms with Gasteiger partial charge in [0.05, 0.1) is 6.10 Å².